The number of amides is 2. The summed E-state index contributed by atoms with van der Waals surface area (Å²) in [7, 11) is 5.61. The van der Waals surface area contributed by atoms with Crippen LogP contribution in [-0.2, 0) is 7.05 Å². The summed E-state index contributed by atoms with van der Waals surface area (Å²) < 4.78 is 2.71. The number of urea groups is 1. The molecule has 0 radical (unpaired) electrons. The van der Waals surface area contributed by atoms with E-state index in [9.17, 15) is 9.59 Å². The Bertz CT molecular complexity index is 760. The quantitative estimate of drug-likeness (QED) is 0.857. The summed E-state index contributed by atoms with van der Waals surface area (Å²) >= 11 is 0. The summed E-state index contributed by atoms with van der Waals surface area (Å²) in [5.41, 5.74) is 1.11. The van der Waals surface area contributed by atoms with Crippen molar-refractivity contribution < 1.29 is 4.79 Å². The maximum Gasteiger partial charge on any atom is 0.350 e. The first kappa shape index (κ1) is 18.7. The van der Waals surface area contributed by atoms with Crippen molar-refractivity contribution in [1.29, 1.82) is 0 Å². The molecule has 136 valence electrons. The number of carbonyl (C=O) groups excluding carboxylic acids is 1. The Morgan fingerprint density at radius 1 is 1.20 bits per heavy atom. The standard InChI is InChI=1S/C17H26N6O2/c1-13(2)22(11-10-20(3)4)16(24)19-14-6-8-15(9-7-14)23-17(25)21(5)12-18-23/h6-9,12-13H,10-11H2,1-5H3,(H,19,24). The number of rotatable bonds is 6. The van der Waals surface area contributed by atoms with Gasteiger partial charge in [0.2, 0.25) is 0 Å². The number of aryl methyl sites for hydroxylation is 1. The molecule has 0 aliphatic carbocycles. The van der Waals surface area contributed by atoms with Crippen LogP contribution in [0.3, 0.4) is 0 Å². The average molecular weight is 346 g/mol. The van der Waals surface area contributed by atoms with Gasteiger partial charge < -0.3 is 15.1 Å². The van der Waals surface area contributed by atoms with E-state index >= 15 is 0 Å². The first-order valence-electron chi connectivity index (χ1n) is 8.23. The lowest BCUT2D eigenvalue weighted by Crippen LogP contribution is -2.43. The van der Waals surface area contributed by atoms with Gasteiger partial charge in [-0.1, -0.05) is 0 Å². The molecule has 1 aromatic heterocycles. The number of hydrogen-bond donors (Lipinski definition) is 1. The van der Waals surface area contributed by atoms with Crippen LogP contribution in [0.2, 0.25) is 0 Å². The predicted octanol–water partition coefficient (Wildman–Crippen LogP) is 1.37. The predicted molar refractivity (Wildman–Crippen MR) is 98.2 cm³/mol. The highest BCUT2D eigenvalue weighted by molar-refractivity contribution is 5.89. The Morgan fingerprint density at radius 2 is 1.84 bits per heavy atom. The van der Waals surface area contributed by atoms with Gasteiger partial charge in [0.25, 0.3) is 0 Å². The zero-order chi connectivity index (χ0) is 18.6. The van der Waals surface area contributed by atoms with Gasteiger partial charge in [-0.15, -0.1) is 0 Å². The third-order valence-corrected chi connectivity index (χ3v) is 3.86. The Labute approximate surface area is 147 Å². The van der Waals surface area contributed by atoms with Gasteiger partial charge in [-0.2, -0.15) is 9.78 Å². The summed E-state index contributed by atoms with van der Waals surface area (Å²) in [6.07, 6.45) is 1.46. The highest BCUT2D eigenvalue weighted by Crippen LogP contribution is 2.13. The fourth-order valence-electron chi connectivity index (χ4n) is 2.34. The first-order chi connectivity index (χ1) is 11.8. The van der Waals surface area contributed by atoms with Crippen molar-refractivity contribution >= 4 is 11.7 Å². The molecule has 0 atom stereocenters. The van der Waals surface area contributed by atoms with Crippen molar-refractivity contribution in [1.82, 2.24) is 24.1 Å². The van der Waals surface area contributed by atoms with Crippen molar-refractivity contribution in [3.63, 3.8) is 0 Å². The zero-order valence-corrected chi connectivity index (χ0v) is 15.4. The van der Waals surface area contributed by atoms with E-state index in [1.165, 1.54) is 15.6 Å². The van der Waals surface area contributed by atoms with Gasteiger partial charge in [0, 0.05) is 31.9 Å². The Morgan fingerprint density at radius 3 is 2.32 bits per heavy atom. The van der Waals surface area contributed by atoms with Gasteiger partial charge in [0.05, 0.1) is 5.69 Å². The van der Waals surface area contributed by atoms with E-state index in [-0.39, 0.29) is 17.8 Å². The highest BCUT2D eigenvalue weighted by atomic mass is 16.2. The van der Waals surface area contributed by atoms with E-state index in [4.69, 9.17) is 0 Å². The number of nitrogens with one attached hydrogen (secondary N) is 1. The van der Waals surface area contributed by atoms with Gasteiger partial charge in [-0.25, -0.2) is 9.59 Å². The molecule has 0 aliphatic rings. The molecule has 2 amide bonds. The number of aromatic nitrogens is 3. The Balaban J connectivity index is 2.08. The van der Waals surface area contributed by atoms with Gasteiger partial charge in [-0.3, -0.25) is 4.57 Å². The summed E-state index contributed by atoms with van der Waals surface area (Å²) in [5, 5.41) is 6.94. The van der Waals surface area contributed by atoms with Crippen molar-refractivity contribution in [3.8, 4) is 5.69 Å². The minimum Gasteiger partial charge on any atom is -0.321 e. The SMILES string of the molecule is CC(C)N(CCN(C)C)C(=O)Nc1ccc(-n2ncn(C)c2=O)cc1. The fourth-order valence-corrected chi connectivity index (χ4v) is 2.34. The monoisotopic (exact) mass is 346 g/mol. The number of anilines is 1. The minimum atomic E-state index is -0.216. The van der Waals surface area contributed by atoms with Crippen LogP contribution >= 0.6 is 0 Å². The van der Waals surface area contributed by atoms with E-state index < -0.39 is 0 Å². The average Bonchev–Trinajstić information content (AvgIpc) is 2.87. The van der Waals surface area contributed by atoms with Gasteiger partial charge in [-0.05, 0) is 52.2 Å². The molecule has 2 aromatic rings. The maximum absolute atomic E-state index is 12.5. The Kier molecular flexibility index (Phi) is 5.97. The van der Waals surface area contributed by atoms with Crippen LogP contribution in [0.5, 0.6) is 0 Å². The summed E-state index contributed by atoms with van der Waals surface area (Å²) in [5.74, 6) is 0. The third-order valence-electron chi connectivity index (χ3n) is 3.86. The van der Waals surface area contributed by atoms with Crippen molar-refractivity contribution in [2.24, 2.45) is 7.05 Å². The molecule has 0 saturated carbocycles. The summed E-state index contributed by atoms with van der Waals surface area (Å²) in [6.45, 7) is 5.43. The molecule has 8 nitrogen and oxygen atoms in total. The molecule has 0 bridgehead atoms. The number of benzene rings is 1. The van der Waals surface area contributed by atoms with E-state index in [0.717, 1.165) is 6.54 Å². The van der Waals surface area contributed by atoms with Gasteiger partial charge >= 0.3 is 11.7 Å². The van der Waals surface area contributed by atoms with Crippen molar-refractivity contribution in [3.05, 3.63) is 41.1 Å². The van der Waals surface area contributed by atoms with E-state index in [1.807, 2.05) is 32.8 Å². The lowest BCUT2D eigenvalue weighted by molar-refractivity contribution is 0.189. The number of carbonyl (C=O) groups is 1. The van der Waals surface area contributed by atoms with Gasteiger partial charge in [0.15, 0.2) is 0 Å². The maximum atomic E-state index is 12.5. The molecule has 25 heavy (non-hydrogen) atoms. The van der Waals surface area contributed by atoms with E-state index in [0.29, 0.717) is 17.9 Å². The molecule has 2 rings (SSSR count). The van der Waals surface area contributed by atoms with Crippen LogP contribution in [0.4, 0.5) is 10.5 Å². The van der Waals surface area contributed by atoms with E-state index in [1.54, 1.807) is 36.2 Å². The molecule has 1 aromatic carbocycles. The summed E-state index contributed by atoms with van der Waals surface area (Å²) in [4.78, 5) is 28.2. The van der Waals surface area contributed by atoms with Crippen molar-refractivity contribution in [2.75, 3.05) is 32.5 Å². The van der Waals surface area contributed by atoms with Crippen LogP contribution in [0.25, 0.3) is 5.69 Å². The number of nitrogens with zero attached hydrogens (tertiary/aromatic N) is 5. The zero-order valence-electron chi connectivity index (χ0n) is 15.4. The Hall–Kier alpha value is -2.61. The minimum absolute atomic E-state index is 0.103. The molecule has 0 saturated heterocycles. The molecule has 1 heterocycles. The molecular formula is C17H26N6O2. The normalized spacial score (nSPS) is 11.2. The lowest BCUT2D eigenvalue weighted by Gasteiger charge is -2.28. The van der Waals surface area contributed by atoms with Crippen LogP contribution < -0.4 is 11.0 Å². The highest BCUT2D eigenvalue weighted by Gasteiger charge is 2.17. The summed E-state index contributed by atoms with van der Waals surface area (Å²) in [6, 6.07) is 7.00. The largest absolute Gasteiger partial charge is 0.350 e. The molecule has 0 aliphatic heterocycles. The third kappa shape index (κ3) is 4.69. The molecule has 0 spiro atoms. The molecular weight excluding hydrogens is 320 g/mol. The van der Waals surface area contributed by atoms with Crippen LogP contribution in [0.1, 0.15) is 13.8 Å². The molecule has 1 N–H and O–H groups in total. The van der Waals surface area contributed by atoms with E-state index in [2.05, 4.69) is 10.4 Å². The molecule has 0 unspecified atom stereocenters. The fraction of sp³-hybridized carbons (Fsp3) is 0.471. The van der Waals surface area contributed by atoms with Crippen molar-refractivity contribution in [2.45, 2.75) is 19.9 Å². The molecule has 0 fully saturated rings. The molecule has 8 heteroatoms. The van der Waals surface area contributed by atoms with Crippen LogP contribution in [0.15, 0.2) is 35.4 Å². The van der Waals surface area contributed by atoms with Crippen LogP contribution in [0, 0.1) is 0 Å². The second-order valence-corrected chi connectivity index (χ2v) is 6.50. The smallest absolute Gasteiger partial charge is 0.321 e. The second kappa shape index (κ2) is 7.98. The second-order valence-electron chi connectivity index (χ2n) is 6.50. The first-order valence-corrected chi connectivity index (χ1v) is 8.23. The number of hydrogen-bond acceptors (Lipinski definition) is 4. The topological polar surface area (TPSA) is 75.4 Å². The number of likely N-dealkylation sites (N-methyl/N-ethyl adjacent to an activating group) is 1. The van der Waals surface area contributed by atoms with Gasteiger partial charge in [0.1, 0.15) is 6.33 Å². The van der Waals surface area contributed by atoms with Crippen LogP contribution in [-0.4, -0.2) is 63.4 Å². The lowest BCUT2D eigenvalue weighted by atomic mass is 10.2.